The number of methoxy groups -OCH3 is 1. The number of carbonyl (C=O) groups excluding carboxylic acids is 2. The van der Waals surface area contributed by atoms with Crippen molar-refractivity contribution in [2.45, 2.75) is 26.4 Å². The Hall–Kier alpha value is -0.700. The third kappa shape index (κ3) is 3.35. The molecule has 0 radical (unpaired) electrons. The molecule has 0 aromatic rings. The number of rotatable bonds is 4. The van der Waals surface area contributed by atoms with Gasteiger partial charge in [0.1, 0.15) is 11.9 Å². The fourth-order valence-electron chi connectivity index (χ4n) is 0.654. The summed E-state index contributed by atoms with van der Waals surface area (Å²) in [4.78, 5) is 21.1. The van der Waals surface area contributed by atoms with Crippen LogP contribution in [0.25, 0.3) is 0 Å². The van der Waals surface area contributed by atoms with Crippen molar-refractivity contribution >= 4 is 11.6 Å². The highest BCUT2D eigenvalue weighted by molar-refractivity contribution is 5.87. The zero-order valence-electron chi connectivity index (χ0n) is 6.51. The van der Waals surface area contributed by atoms with Crippen LogP contribution in [0.1, 0.15) is 20.3 Å². The van der Waals surface area contributed by atoms with E-state index >= 15 is 0 Å². The molecule has 0 saturated carbocycles. The number of ketones is 2. The van der Waals surface area contributed by atoms with Crippen LogP contribution in [0.2, 0.25) is 0 Å². The van der Waals surface area contributed by atoms with Gasteiger partial charge in [0.25, 0.3) is 0 Å². The predicted octanol–water partition coefficient (Wildman–Crippen LogP) is 0.570. The van der Waals surface area contributed by atoms with E-state index in [4.69, 9.17) is 4.74 Å². The number of ether oxygens (including phenoxy) is 1. The van der Waals surface area contributed by atoms with Gasteiger partial charge in [0.15, 0.2) is 5.78 Å². The molecule has 58 valence electrons. The van der Waals surface area contributed by atoms with Crippen molar-refractivity contribution in [2.75, 3.05) is 7.11 Å². The van der Waals surface area contributed by atoms with Gasteiger partial charge in [-0.2, -0.15) is 0 Å². The van der Waals surface area contributed by atoms with E-state index in [-0.39, 0.29) is 18.0 Å². The van der Waals surface area contributed by atoms with E-state index in [1.54, 1.807) is 0 Å². The van der Waals surface area contributed by atoms with E-state index in [2.05, 4.69) is 0 Å². The van der Waals surface area contributed by atoms with Gasteiger partial charge in [0, 0.05) is 13.5 Å². The van der Waals surface area contributed by atoms with Crippen LogP contribution in [-0.2, 0) is 14.3 Å². The van der Waals surface area contributed by atoms with E-state index in [0.717, 1.165) is 0 Å². The maximum absolute atomic E-state index is 10.6. The second kappa shape index (κ2) is 4.17. The maximum Gasteiger partial charge on any atom is 0.158 e. The number of Topliss-reactive ketones (excluding diaryl/α,β-unsaturated/α-hetero) is 2. The van der Waals surface area contributed by atoms with Gasteiger partial charge in [-0.05, 0) is 13.8 Å². The molecular weight excluding hydrogens is 132 g/mol. The van der Waals surface area contributed by atoms with Gasteiger partial charge in [-0.15, -0.1) is 0 Å². The maximum atomic E-state index is 10.6. The van der Waals surface area contributed by atoms with Gasteiger partial charge in [0.05, 0.1) is 0 Å². The fourth-order valence-corrected chi connectivity index (χ4v) is 0.654. The SMILES string of the molecule is COC(CC(C)=O)C(C)=O. The Morgan fingerprint density at radius 1 is 1.40 bits per heavy atom. The van der Waals surface area contributed by atoms with Gasteiger partial charge < -0.3 is 4.74 Å². The topological polar surface area (TPSA) is 43.4 Å². The Morgan fingerprint density at radius 3 is 2.00 bits per heavy atom. The van der Waals surface area contributed by atoms with Crippen molar-refractivity contribution in [1.29, 1.82) is 0 Å². The van der Waals surface area contributed by atoms with Crippen LogP contribution in [0.4, 0.5) is 0 Å². The molecule has 1 unspecified atom stereocenters. The normalized spacial score (nSPS) is 12.7. The molecule has 0 N–H and O–H groups in total. The summed E-state index contributed by atoms with van der Waals surface area (Å²) in [6.07, 6.45) is -0.358. The molecule has 3 heteroatoms. The summed E-state index contributed by atoms with van der Waals surface area (Å²) in [6, 6.07) is 0. The van der Waals surface area contributed by atoms with Gasteiger partial charge >= 0.3 is 0 Å². The van der Waals surface area contributed by atoms with Crippen LogP contribution in [0.3, 0.4) is 0 Å². The standard InChI is InChI=1S/C7H12O3/c1-5(8)4-7(10-3)6(2)9/h7H,4H2,1-3H3. The van der Waals surface area contributed by atoms with E-state index in [9.17, 15) is 9.59 Å². The van der Waals surface area contributed by atoms with Crippen LogP contribution in [0.15, 0.2) is 0 Å². The molecule has 0 amide bonds. The predicted molar refractivity (Wildman–Crippen MR) is 36.8 cm³/mol. The molecule has 0 aromatic heterocycles. The molecule has 0 aliphatic carbocycles. The second-order valence-corrected chi connectivity index (χ2v) is 2.24. The molecule has 0 heterocycles. The highest BCUT2D eigenvalue weighted by Gasteiger charge is 2.14. The lowest BCUT2D eigenvalue weighted by molar-refractivity contribution is -0.131. The minimum atomic E-state index is -0.544. The molecule has 0 bridgehead atoms. The van der Waals surface area contributed by atoms with Crippen molar-refractivity contribution in [1.82, 2.24) is 0 Å². The van der Waals surface area contributed by atoms with Crippen molar-refractivity contribution < 1.29 is 14.3 Å². The third-order valence-corrected chi connectivity index (χ3v) is 1.21. The summed E-state index contributed by atoms with van der Waals surface area (Å²) in [5.74, 6) is -0.125. The molecule has 0 aliphatic rings. The van der Waals surface area contributed by atoms with E-state index < -0.39 is 6.10 Å². The Labute approximate surface area is 60.4 Å². The van der Waals surface area contributed by atoms with Crippen LogP contribution >= 0.6 is 0 Å². The highest BCUT2D eigenvalue weighted by atomic mass is 16.5. The van der Waals surface area contributed by atoms with Crippen LogP contribution in [0.5, 0.6) is 0 Å². The van der Waals surface area contributed by atoms with Gasteiger partial charge in [-0.25, -0.2) is 0 Å². The lowest BCUT2D eigenvalue weighted by Gasteiger charge is -2.07. The summed E-state index contributed by atoms with van der Waals surface area (Å²) in [5, 5.41) is 0. The number of hydrogen-bond acceptors (Lipinski definition) is 3. The van der Waals surface area contributed by atoms with Crippen molar-refractivity contribution in [3.63, 3.8) is 0 Å². The van der Waals surface area contributed by atoms with Crippen molar-refractivity contribution in [2.24, 2.45) is 0 Å². The summed E-state index contributed by atoms with van der Waals surface area (Å²) in [5.41, 5.74) is 0. The summed E-state index contributed by atoms with van der Waals surface area (Å²) < 4.78 is 4.75. The minimum Gasteiger partial charge on any atom is -0.373 e. The molecule has 3 nitrogen and oxygen atoms in total. The Balaban J connectivity index is 3.83. The zero-order chi connectivity index (χ0) is 8.15. The summed E-state index contributed by atoms with van der Waals surface area (Å²) in [6.45, 7) is 2.85. The first-order chi connectivity index (χ1) is 4.57. The van der Waals surface area contributed by atoms with Gasteiger partial charge in [-0.3, -0.25) is 9.59 Å². The van der Waals surface area contributed by atoms with Crippen LogP contribution in [-0.4, -0.2) is 24.8 Å². The molecule has 10 heavy (non-hydrogen) atoms. The van der Waals surface area contributed by atoms with E-state index in [1.165, 1.54) is 21.0 Å². The summed E-state index contributed by atoms with van der Waals surface area (Å²) in [7, 11) is 1.43. The molecule has 0 aliphatic heterocycles. The number of carbonyl (C=O) groups is 2. The molecule has 0 saturated heterocycles. The Kier molecular flexibility index (Phi) is 3.88. The first kappa shape index (κ1) is 9.30. The van der Waals surface area contributed by atoms with E-state index in [1.807, 2.05) is 0 Å². The number of hydrogen-bond donors (Lipinski definition) is 0. The quantitative estimate of drug-likeness (QED) is 0.579. The first-order valence-electron chi connectivity index (χ1n) is 3.10. The van der Waals surface area contributed by atoms with Gasteiger partial charge in [-0.1, -0.05) is 0 Å². The zero-order valence-corrected chi connectivity index (χ0v) is 6.51. The smallest absolute Gasteiger partial charge is 0.158 e. The van der Waals surface area contributed by atoms with Crippen LogP contribution in [0, 0.1) is 0 Å². The average Bonchev–Trinajstić information content (AvgIpc) is 1.81. The van der Waals surface area contributed by atoms with E-state index in [0.29, 0.717) is 0 Å². The van der Waals surface area contributed by atoms with Crippen molar-refractivity contribution in [3.05, 3.63) is 0 Å². The lowest BCUT2D eigenvalue weighted by Crippen LogP contribution is -2.22. The summed E-state index contributed by atoms with van der Waals surface area (Å²) >= 11 is 0. The molecular formula is C7H12O3. The largest absolute Gasteiger partial charge is 0.373 e. The Morgan fingerprint density at radius 2 is 1.90 bits per heavy atom. The van der Waals surface area contributed by atoms with Crippen molar-refractivity contribution in [3.8, 4) is 0 Å². The first-order valence-corrected chi connectivity index (χ1v) is 3.10. The highest BCUT2D eigenvalue weighted by Crippen LogP contribution is 1.98. The monoisotopic (exact) mass is 144 g/mol. The second-order valence-electron chi connectivity index (χ2n) is 2.24. The third-order valence-electron chi connectivity index (χ3n) is 1.21. The Bertz CT molecular complexity index is 140. The van der Waals surface area contributed by atoms with Crippen LogP contribution < -0.4 is 0 Å². The fraction of sp³-hybridized carbons (Fsp3) is 0.714. The average molecular weight is 144 g/mol. The molecule has 0 rings (SSSR count). The lowest BCUT2D eigenvalue weighted by atomic mass is 10.1. The molecule has 0 aromatic carbocycles. The molecule has 0 fully saturated rings. The molecule has 0 spiro atoms. The molecule has 1 atom stereocenters. The van der Waals surface area contributed by atoms with Gasteiger partial charge in [0.2, 0.25) is 0 Å². The minimum absolute atomic E-state index is 0.0259.